The third-order valence-electron chi connectivity index (χ3n) is 2.63. The standard InChI is InChI=1S/C12H13BrN2O4/c13-8-3-7(12(17)18)4-9(5-8)15-11(16)10-6-14-1-2-19-10/h3-5,10,14H,1-2,6H2,(H,15,16)(H,17,18). The Balaban J connectivity index is 2.09. The lowest BCUT2D eigenvalue weighted by molar-refractivity contribution is -0.128. The average Bonchev–Trinajstić information content (AvgIpc) is 2.39. The zero-order chi connectivity index (χ0) is 13.8. The fourth-order valence-corrected chi connectivity index (χ4v) is 2.24. The van der Waals surface area contributed by atoms with Crippen LogP contribution in [0.4, 0.5) is 5.69 Å². The highest BCUT2D eigenvalue weighted by Gasteiger charge is 2.22. The van der Waals surface area contributed by atoms with E-state index in [1.807, 2.05) is 0 Å². The van der Waals surface area contributed by atoms with Crippen LogP contribution in [-0.2, 0) is 9.53 Å². The fraction of sp³-hybridized carbons (Fsp3) is 0.333. The molecule has 1 amide bonds. The van der Waals surface area contributed by atoms with Crippen molar-refractivity contribution in [2.75, 3.05) is 25.0 Å². The van der Waals surface area contributed by atoms with Crippen molar-refractivity contribution in [1.29, 1.82) is 0 Å². The van der Waals surface area contributed by atoms with Crippen molar-refractivity contribution < 1.29 is 19.4 Å². The molecule has 1 atom stereocenters. The number of carboxylic acids is 1. The second-order valence-corrected chi connectivity index (χ2v) is 5.00. The number of rotatable bonds is 3. The summed E-state index contributed by atoms with van der Waals surface area (Å²) in [5, 5.41) is 14.7. The molecule has 102 valence electrons. The molecule has 1 saturated heterocycles. The lowest BCUT2D eigenvalue weighted by atomic mass is 10.2. The zero-order valence-electron chi connectivity index (χ0n) is 9.98. The van der Waals surface area contributed by atoms with E-state index in [4.69, 9.17) is 9.84 Å². The zero-order valence-corrected chi connectivity index (χ0v) is 11.6. The van der Waals surface area contributed by atoms with Crippen LogP contribution >= 0.6 is 15.9 Å². The largest absolute Gasteiger partial charge is 0.478 e. The summed E-state index contributed by atoms with van der Waals surface area (Å²) in [6.07, 6.45) is -0.555. The van der Waals surface area contributed by atoms with Gasteiger partial charge in [-0.2, -0.15) is 0 Å². The van der Waals surface area contributed by atoms with Gasteiger partial charge in [0.15, 0.2) is 0 Å². The van der Waals surface area contributed by atoms with E-state index in [1.165, 1.54) is 12.1 Å². The molecule has 1 aliphatic heterocycles. The Morgan fingerprint density at radius 3 is 2.84 bits per heavy atom. The first kappa shape index (κ1) is 14.0. The lowest BCUT2D eigenvalue weighted by Gasteiger charge is -2.22. The Hall–Kier alpha value is -1.44. The molecular weight excluding hydrogens is 316 g/mol. The molecule has 0 radical (unpaired) electrons. The molecular formula is C12H13BrN2O4. The van der Waals surface area contributed by atoms with E-state index in [0.29, 0.717) is 23.3 Å². The van der Waals surface area contributed by atoms with Crippen molar-refractivity contribution in [2.24, 2.45) is 0 Å². The van der Waals surface area contributed by atoms with Gasteiger partial charge in [-0.3, -0.25) is 4.79 Å². The number of carboxylic acid groups (broad SMARTS) is 1. The first-order valence-corrected chi connectivity index (χ1v) is 6.52. The van der Waals surface area contributed by atoms with Crippen molar-refractivity contribution in [1.82, 2.24) is 5.32 Å². The van der Waals surface area contributed by atoms with Crippen molar-refractivity contribution >= 4 is 33.5 Å². The minimum absolute atomic E-state index is 0.104. The summed E-state index contributed by atoms with van der Waals surface area (Å²) in [6.45, 7) is 1.66. The Labute approximate surface area is 118 Å². The number of anilines is 1. The molecule has 1 aromatic carbocycles. The molecule has 7 heteroatoms. The number of carbonyl (C=O) groups excluding carboxylic acids is 1. The molecule has 1 aliphatic rings. The number of morpholine rings is 1. The fourth-order valence-electron chi connectivity index (χ4n) is 1.74. The number of hydrogen-bond donors (Lipinski definition) is 3. The van der Waals surface area contributed by atoms with E-state index < -0.39 is 12.1 Å². The molecule has 6 nitrogen and oxygen atoms in total. The number of ether oxygens (including phenoxy) is 1. The maximum absolute atomic E-state index is 11.9. The minimum Gasteiger partial charge on any atom is -0.478 e. The molecule has 0 aromatic heterocycles. The van der Waals surface area contributed by atoms with Gasteiger partial charge in [-0.05, 0) is 18.2 Å². The summed E-state index contributed by atoms with van der Waals surface area (Å²) >= 11 is 3.21. The summed E-state index contributed by atoms with van der Waals surface area (Å²) in [4.78, 5) is 22.8. The first-order valence-electron chi connectivity index (χ1n) is 5.73. The number of halogens is 1. The van der Waals surface area contributed by atoms with Gasteiger partial charge in [-0.1, -0.05) is 15.9 Å². The van der Waals surface area contributed by atoms with Crippen molar-refractivity contribution in [3.63, 3.8) is 0 Å². The number of nitrogens with one attached hydrogen (secondary N) is 2. The molecule has 0 spiro atoms. The molecule has 19 heavy (non-hydrogen) atoms. The summed E-state index contributed by atoms with van der Waals surface area (Å²) in [7, 11) is 0. The van der Waals surface area contributed by atoms with E-state index >= 15 is 0 Å². The van der Waals surface area contributed by atoms with E-state index in [-0.39, 0.29) is 11.5 Å². The summed E-state index contributed by atoms with van der Waals surface area (Å²) in [6, 6.07) is 4.51. The molecule has 1 unspecified atom stereocenters. The highest BCUT2D eigenvalue weighted by Crippen LogP contribution is 2.20. The first-order chi connectivity index (χ1) is 9.06. The van der Waals surface area contributed by atoms with Crippen molar-refractivity contribution in [3.8, 4) is 0 Å². The third kappa shape index (κ3) is 3.76. The molecule has 0 saturated carbocycles. The summed E-state index contributed by atoms with van der Waals surface area (Å²) in [5.41, 5.74) is 0.526. The van der Waals surface area contributed by atoms with Crippen molar-refractivity contribution in [2.45, 2.75) is 6.10 Å². The second-order valence-electron chi connectivity index (χ2n) is 4.09. The van der Waals surface area contributed by atoms with Gasteiger partial charge >= 0.3 is 5.97 Å². The number of amides is 1. The van der Waals surface area contributed by atoms with E-state index in [2.05, 4.69) is 26.6 Å². The van der Waals surface area contributed by atoms with E-state index in [1.54, 1.807) is 6.07 Å². The maximum atomic E-state index is 11.9. The normalized spacial score (nSPS) is 18.9. The Kier molecular flexibility index (Phi) is 4.52. The number of hydrogen-bond acceptors (Lipinski definition) is 4. The van der Waals surface area contributed by atoms with Crippen LogP contribution in [-0.4, -0.2) is 42.8 Å². The number of carbonyl (C=O) groups is 2. The Morgan fingerprint density at radius 2 is 2.21 bits per heavy atom. The van der Waals surface area contributed by atoms with Crippen LogP contribution < -0.4 is 10.6 Å². The Bertz CT molecular complexity index is 501. The average molecular weight is 329 g/mol. The van der Waals surface area contributed by atoms with Gasteiger partial charge in [0, 0.05) is 23.2 Å². The predicted molar refractivity (Wildman–Crippen MR) is 72.3 cm³/mol. The maximum Gasteiger partial charge on any atom is 0.335 e. The van der Waals surface area contributed by atoms with E-state index in [9.17, 15) is 9.59 Å². The summed E-state index contributed by atoms with van der Waals surface area (Å²) in [5.74, 6) is -1.34. The minimum atomic E-state index is -1.05. The molecule has 1 fully saturated rings. The van der Waals surface area contributed by atoms with Crippen molar-refractivity contribution in [3.05, 3.63) is 28.2 Å². The SMILES string of the molecule is O=C(O)c1cc(Br)cc(NC(=O)C2CNCCO2)c1. The van der Waals surface area contributed by atoms with E-state index in [0.717, 1.165) is 6.54 Å². The Morgan fingerprint density at radius 1 is 1.42 bits per heavy atom. The van der Waals surface area contributed by atoms with Crippen LogP contribution in [0.25, 0.3) is 0 Å². The van der Waals surface area contributed by atoms with Gasteiger partial charge in [0.1, 0.15) is 6.10 Å². The van der Waals surface area contributed by atoms with Crippen LogP contribution in [0, 0.1) is 0 Å². The highest BCUT2D eigenvalue weighted by molar-refractivity contribution is 9.10. The monoisotopic (exact) mass is 328 g/mol. The van der Waals surface area contributed by atoms with Gasteiger partial charge < -0.3 is 20.5 Å². The van der Waals surface area contributed by atoms with Crippen LogP contribution in [0.5, 0.6) is 0 Å². The van der Waals surface area contributed by atoms with Crippen LogP contribution in [0.15, 0.2) is 22.7 Å². The van der Waals surface area contributed by atoms with Crippen LogP contribution in [0.1, 0.15) is 10.4 Å². The van der Waals surface area contributed by atoms with Gasteiger partial charge in [-0.15, -0.1) is 0 Å². The van der Waals surface area contributed by atoms with Gasteiger partial charge in [0.2, 0.25) is 0 Å². The van der Waals surface area contributed by atoms with Gasteiger partial charge in [0.05, 0.1) is 12.2 Å². The molecule has 2 rings (SSSR count). The quantitative estimate of drug-likeness (QED) is 0.772. The molecule has 3 N–H and O–H groups in total. The number of benzene rings is 1. The highest BCUT2D eigenvalue weighted by atomic mass is 79.9. The lowest BCUT2D eigenvalue weighted by Crippen LogP contribution is -2.45. The van der Waals surface area contributed by atoms with Gasteiger partial charge in [-0.25, -0.2) is 4.79 Å². The molecule has 1 heterocycles. The van der Waals surface area contributed by atoms with Crippen LogP contribution in [0.3, 0.4) is 0 Å². The second kappa shape index (κ2) is 6.14. The topological polar surface area (TPSA) is 87.7 Å². The predicted octanol–water partition coefficient (Wildman–Crippen LogP) is 1.07. The summed E-state index contributed by atoms with van der Waals surface area (Å²) < 4.78 is 5.91. The smallest absolute Gasteiger partial charge is 0.335 e. The molecule has 0 bridgehead atoms. The molecule has 1 aromatic rings. The third-order valence-corrected chi connectivity index (χ3v) is 3.09. The van der Waals surface area contributed by atoms with Crippen LogP contribution in [0.2, 0.25) is 0 Å². The van der Waals surface area contributed by atoms with Gasteiger partial charge in [0.25, 0.3) is 5.91 Å². The number of aromatic carboxylic acids is 1. The molecule has 0 aliphatic carbocycles.